The van der Waals surface area contributed by atoms with E-state index in [0.29, 0.717) is 0 Å². The first-order valence-corrected chi connectivity index (χ1v) is 7.84. The van der Waals surface area contributed by atoms with Crippen LogP contribution >= 0.6 is 0 Å². The van der Waals surface area contributed by atoms with Crippen molar-refractivity contribution in [3.05, 3.63) is 72.6 Å². The third-order valence-electron chi connectivity index (χ3n) is 4.04. The lowest BCUT2D eigenvalue weighted by atomic mass is 10.0. The molecule has 0 radical (unpaired) electrons. The maximum atomic E-state index is 5.86. The number of ether oxygens (including phenoxy) is 1. The molecule has 0 saturated carbocycles. The summed E-state index contributed by atoms with van der Waals surface area (Å²) in [5.41, 5.74) is 4.14. The molecule has 24 heavy (non-hydrogen) atoms. The Morgan fingerprint density at radius 3 is 2.33 bits per heavy atom. The van der Waals surface area contributed by atoms with Crippen LogP contribution in [0.15, 0.2) is 66.9 Å². The Balaban J connectivity index is 1.71. The van der Waals surface area contributed by atoms with E-state index in [-0.39, 0.29) is 0 Å². The zero-order valence-electron chi connectivity index (χ0n) is 13.6. The van der Waals surface area contributed by atoms with Crippen LogP contribution in [0.1, 0.15) is 5.69 Å². The van der Waals surface area contributed by atoms with E-state index in [1.165, 1.54) is 0 Å². The highest BCUT2D eigenvalue weighted by Gasteiger charge is 2.12. The molecule has 4 heteroatoms. The van der Waals surface area contributed by atoms with E-state index >= 15 is 0 Å². The molecule has 0 amide bonds. The molecule has 0 atom stereocenters. The summed E-state index contributed by atoms with van der Waals surface area (Å²) in [4.78, 5) is 4.44. The summed E-state index contributed by atoms with van der Waals surface area (Å²) in [6.45, 7) is 2.01. The van der Waals surface area contributed by atoms with Crippen molar-refractivity contribution >= 4 is 11.0 Å². The Kier molecular flexibility index (Phi) is 3.50. The monoisotopic (exact) mass is 315 g/mol. The van der Waals surface area contributed by atoms with Crippen LogP contribution in [-0.2, 0) is 7.05 Å². The number of fused-ring (bicyclic) bond motifs is 1. The molecule has 2 heterocycles. The van der Waals surface area contributed by atoms with Crippen molar-refractivity contribution in [2.45, 2.75) is 6.92 Å². The second-order valence-electron chi connectivity index (χ2n) is 5.71. The molecule has 0 fully saturated rings. The van der Waals surface area contributed by atoms with Crippen LogP contribution in [0.25, 0.3) is 22.2 Å². The second kappa shape index (κ2) is 5.81. The number of rotatable bonds is 3. The quantitative estimate of drug-likeness (QED) is 0.548. The van der Waals surface area contributed by atoms with Gasteiger partial charge in [-0.3, -0.25) is 4.68 Å². The highest BCUT2D eigenvalue weighted by atomic mass is 16.5. The number of aromatic nitrogens is 3. The number of hydrogen-bond acceptors (Lipinski definition) is 3. The first-order valence-electron chi connectivity index (χ1n) is 7.84. The third kappa shape index (κ3) is 2.52. The van der Waals surface area contributed by atoms with Crippen molar-refractivity contribution in [1.82, 2.24) is 14.8 Å². The lowest BCUT2D eigenvalue weighted by Gasteiger charge is -2.08. The van der Waals surface area contributed by atoms with Gasteiger partial charge < -0.3 is 4.74 Å². The highest BCUT2D eigenvalue weighted by Crippen LogP contribution is 2.31. The van der Waals surface area contributed by atoms with E-state index in [2.05, 4.69) is 22.2 Å². The molecule has 2 aromatic carbocycles. The third-order valence-corrected chi connectivity index (χ3v) is 4.04. The van der Waals surface area contributed by atoms with Gasteiger partial charge in [0.15, 0.2) is 5.65 Å². The van der Waals surface area contributed by atoms with Gasteiger partial charge in [0.1, 0.15) is 11.5 Å². The molecular weight excluding hydrogens is 298 g/mol. The lowest BCUT2D eigenvalue weighted by Crippen LogP contribution is -1.91. The Morgan fingerprint density at radius 1 is 0.875 bits per heavy atom. The number of hydrogen-bond donors (Lipinski definition) is 0. The van der Waals surface area contributed by atoms with Gasteiger partial charge >= 0.3 is 0 Å². The van der Waals surface area contributed by atoms with Crippen LogP contribution in [0.4, 0.5) is 0 Å². The zero-order chi connectivity index (χ0) is 16.5. The normalized spacial score (nSPS) is 10.9. The van der Waals surface area contributed by atoms with E-state index in [1.807, 2.05) is 73.4 Å². The average molecular weight is 315 g/mol. The zero-order valence-corrected chi connectivity index (χ0v) is 13.6. The van der Waals surface area contributed by atoms with E-state index in [4.69, 9.17) is 4.74 Å². The molecule has 0 N–H and O–H groups in total. The van der Waals surface area contributed by atoms with Gasteiger partial charge in [0, 0.05) is 18.6 Å². The maximum Gasteiger partial charge on any atom is 0.158 e. The van der Waals surface area contributed by atoms with Gasteiger partial charge in [0.2, 0.25) is 0 Å². The second-order valence-corrected chi connectivity index (χ2v) is 5.71. The molecule has 0 aliphatic heterocycles. The standard InChI is InChI=1S/C20H17N3O/c1-14-19-18(12-13-21-20(19)23(2)22-14)15-8-10-17(11-9-15)24-16-6-4-3-5-7-16/h3-13H,1-2H3. The van der Waals surface area contributed by atoms with Crippen molar-refractivity contribution in [1.29, 1.82) is 0 Å². The summed E-state index contributed by atoms with van der Waals surface area (Å²) in [6.07, 6.45) is 1.83. The minimum Gasteiger partial charge on any atom is -0.457 e. The fraction of sp³-hybridized carbons (Fsp3) is 0.100. The summed E-state index contributed by atoms with van der Waals surface area (Å²) in [5, 5.41) is 5.57. The first kappa shape index (κ1) is 14.5. The summed E-state index contributed by atoms with van der Waals surface area (Å²) in [5.74, 6) is 1.65. The molecule has 0 bridgehead atoms. The molecular formula is C20H17N3O. The molecule has 4 rings (SSSR count). The smallest absolute Gasteiger partial charge is 0.158 e. The number of pyridine rings is 1. The van der Waals surface area contributed by atoms with Crippen LogP contribution in [-0.4, -0.2) is 14.8 Å². The van der Waals surface area contributed by atoms with Crippen molar-refractivity contribution < 1.29 is 4.74 Å². The van der Waals surface area contributed by atoms with Gasteiger partial charge in [-0.2, -0.15) is 5.10 Å². The van der Waals surface area contributed by atoms with Crippen LogP contribution < -0.4 is 4.74 Å². The summed E-state index contributed by atoms with van der Waals surface area (Å²) < 4.78 is 7.68. The molecule has 118 valence electrons. The number of nitrogens with zero attached hydrogens (tertiary/aromatic N) is 3. The Labute approximate surface area is 140 Å². The Morgan fingerprint density at radius 2 is 1.58 bits per heavy atom. The van der Waals surface area contributed by atoms with Crippen LogP contribution in [0.5, 0.6) is 11.5 Å². The fourth-order valence-electron chi connectivity index (χ4n) is 2.94. The summed E-state index contributed by atoms with van der Waals surface area (Å²) in [7, 11) is 1.92. The number of para-hydroxylation sites is 1. The van der Waals surface area contributed by atoms with E-state index in [1.54, 1.807) is 0 Å². The minimum atomic E-state index is 0.818. The predicted octanol–water partition coefficient (Wildman–Crippen LogP) is 4.74. The SMILES string of the molecule is Cc1nn(C)c2nccc(-c3ccc(Oc4ccccc4)cc3)c12. The lowest BCUT2D eigenvalue weighted by molar-refractivity contribution is 0.483. The van der Waals surface area contributed by atoms with Gasteiger partial charge in [-0.1, -0.05) is 30.3 Å². The van der Waals surface area contributed by atoms with Crippen molar-refractivity contribution in [3.63, 3.8) is 0 Å². The van der Waals surface area contributed by atoms with E-state index < -0.39 is 0 Å². The number of benzene rings is 2. The molecule has 0 aliphatic rings. The van der Waals surface area contributed by atoms with Crippen LogP contribution in [0, 0.1) is 6.92 Å². The van der Waals surface area contributed by atoms with Crippen LogP contribution in [0.2, 0.25) is 0 Å². The van der Waals surface area contributed by atoms with Gasteiger partial charge in [-0.15, -0.1) is 0 Å². The molecule has 0 spiro atoms. The summed E-state index contributed by atoms with van der Waals surface area (Å²) in [6, 6.07) is 19.9. The van der Waals surface area contributed by atoms with Crippen LogP contribution in [0.3, 0.4) is 0 Å². The van der Waals surface area contributed by atoms with Gasteiger partial charge in [0.25, 0.3) is 0 Å². The van der Waals surface area contributed by atoms with E-state index in [0.717, 1.165) is 39.4 Å². The maximum absolute atomic E-state index is 5.86. The Bertz CT molecular complexity index is 989. The topological polar surface area (TPSA) is 39.9 Å². The van der Waals surface area contributed by atoms with Gasteiger partial charge in [0.05, 0.1) is 5.69 Å². The molecule has 4 nitrogen and oxygen atoms in total. The Hall–Kier alpha value is -3.14. The van der Waals surface area contributed by atoms with Crippen molar-refractivity contribution in [2.75, 3.05) is 0 Å². The fourth-order valence-corrected chi connectivity index (χ4v) is 2.94. The van der Waals surface area contributed by atoms with E-state index in [9.17, 15) is 0 Å². The van der Waals surface area contributed by atoms with Crippen molar-refractivity contribution in [3.8, 4) is 22.6 Å². The predicted molar refractivity (Wildman–Crippen MR) is 95.2 cm³/mol. The number of aryl methyl sites for hydroxylation is 2. The van der Waals surface area contributed by atoms with Gasteiger partial charge in [-0.25, -0.2) is 4.98 Å². The molecule has 0 aliphatic carbocycles. The molecule has 4 aromatic rings. The molecule has 2 aromatic heterocycles. The molecule has 0 saturated heterocycles. The summed E-state index contributed by atoms with van der Waals surface area (Å²) >= 11 is 0. The van der Waals surface area contributed by atoms with Crippen molar-refractivity contribution in [2.24, 2.45) is 7.05 Å². The first-order chi connectivity index (χ1) is 11.7. The molecule has 0 unspecified atom stereocenters. The average Bonchev–Trinajstić information content (AvgIpc) is 2.91. The highest BCUT2D eigenvalue weighted by molar-refractivity contribution is 5.94. The minimum absolute atomic E-state index is 0.818. The van der Waals surface area contributed by atoms with Gasteiger partial charge in [-0.05, 0) is 48.4 Å². The largest absolute Gasteiger partial charge is 0.457 e.